The van der Waals surface area contributed by atoms with E-state index in [0.717, 1.165) is 33.6 Å². The maximum atomic E-state index is 5.11. The van der Waals surface area contributed by atoms with Gasteiger partial charge in [0.2, 0.25) is 0 Å². The number of rotatable bonds is 6. The predicted molar refractivity (Wildman–Crippen MR) is 212 cm³/mol. The van der Waals surface area contributed by atoms with Crippen molar-refractivity contribution in [1.82, 2.24) is 9.97 Å². The van der Waals surface area contributed by atoms with Gasteiger partial charge in [-0.2, -0.15) is 0 Å². The van der Waals surface area contributed by atoms with Crippen LogP contribution in [0.25, 0.3) is 78.4 Å². The van der Waals surface area contributed by atoms with Crippen LogP contribution in [-0.2, 0) is 5.41 Å². The monoisotopic (exact) mass is 652 g/mol. The van der Waals surface area contributed by atoms with Gasteiger partial charge in [0, 0.05) is 22.1 Å². The third-order valence-corrected chi connectivity index (χ3v) is 10.3. The van der Waals surface area contributed by atoms with Gasteiger partial charge in [-0.1, -0.05) is 184 Å². The molecule has 0 bridgehead atoms. The van der Waals surface area contributed by atoms with Crippen molar-refractivity contribution in [2.24, 2.45) is 0 Å². The lowest BCUT2D eigenvalue weighted by Gasteiger charge is -2.24. The summed E-state index contributed by atoms with van der Waals surface area (Å²) in [4.78, 5) is 10.2. The molecule has 0 radical (unpaired) electrons. The quantitative estimate of drug-likeness (QED) is 0.179. The molecule has 9 rings (SSSR count). The molecule has 0 atom stereocenters. The summed E-state index contributed by atoms with van der Waals surface area (Å²) in [7, 11) is 0. The Bertz CT molecular complexity index is 2510. The van der Waals surface area contributed by atoms with Crippen molar-refractivity contribution in [3.63, 3.8) is 0 Å². The van der Waals surface area contributed by atoms with Crippen LogP contribution in [0.4, 0.5) is 0 Å². The summed E-state index contributed by atoms with van der Waals surface area (Å²) in [5.74, 6) is 0.709. The summed E-state index contributed by atoms with van der Waals surface area (Å²) in [5, 5.41) is 0. The second-order valence-corrected chi connectivity index (χ2v) is 13.8. The predicted octanol–water partition coefficient (Wildman–Crippen LogP) is 12.8. The Balaban J connectivity index is 1.07. The van der Waals surface area contributed by atoms with Gasteiger partial charge in [0.15, 0.2) is 5.82 Å². The molecular weight excluding hydrogens is 617 g/mol. The lowest BCUT2D eigenvalue weighted by molar-refractivity contribution is 0.662. The van der Waals surface area contributed by atoms with Gasteiger partial charge in [-0.25, -0.2) is 9.97 Å². The Morgan fingerprint density at radius 1 is 0.333 bits per heavy atom. The van der Waals surface area contributed by atoms with Gasteiger partial charge in [0.1, 0.15) is 0 Å². The SMILES string of the molecule is CC1(C)c2ccccc2-c2cccc(-c3cccc(-c4ccc(-c5nc(-c6ccccc6)cc(-c6ccc(-c7ccccc7)cc6)n5)cc4)c3)c21. The molecule has 0 aliphatic heterocycles. The minimum atomic E-state index is -0.0722. The third kappa shape index (κ3) is 5.56. The number of hydrogen-bond donors (Lipinski definition) is 0. The number of aromatic nitrogens is 2. The van der Waals surface area contributed by atoms with E-state index in [4.69, 9.17) is 9.97 Å². The van der Waals surface area contributed by atoms with E-state index in [1.165, 1.54) is 50.1 Å². The third-order valence-electron chi connectivity index (χ3n) is 10.3. The molecule has 8 aromatic rings. The van der Waals surface area contributed by atoms with E-state index < -0.39 is 0 Å². The van der Waals surface area contributed by atoms with Crippen LogP contribution in [0.3, 0.4) is 0 Å². The van der Waals surface area contributed by atoms with Crippen LogP contribution in [-0.4, -0.2) is 9.97 Å². The summed E-state index contributed by atoms with van der Waals surface area (Å²) in [6.07, 6.45) is 0. The molecule has 7 aromatic carbocycles. The first-order chi connectivity index (χ1) is 25.0. The minimum absolute atomic E-state index is 0.0722. The molecule has 0 spiro atoms. The van der Waals surface area contributed by atoms with Crippen molar-refractivity contribution in [2.75, 3.05) is 0 Å². The zero-order valence-corrected chi connectivity index (χ0v) is 28.7. The lowest BCUT2D eigenvalue weighted by atomic mass is 9.78. The van der Waals surface area contributed by atoms with Gasteiger partial charge < -0.3 is 0 Å². The summed E-state index contributed by atoms with van der Waals surface area (Å²) in [5.41, 5.74) is 17.6. The first-order valence-electron chi connectivity index (χ1n) is 17.6. The molecule has 1 aliphatic rings. The number of hydrogen-bond acceptors (Lipinski definition) is 2. The summed E-state index contributed by atoms with van der Waals surface area (Å²) >= 11 is 0. The molecule has 242 valence electrons. The van der Waals surface area contributed by atoms with Crippen molar-refractivity contribution in [1.29, 1.82) is 0 Å². The van der Waals surface area contributed by atoms with Crippen LogP contribution in [0.15, 0.2) is 182 Å². The molecule has 1 aromatic heterocycles. The highest BCUT2D eigenvalue weighted by atomic mass is 14.9. The second-order valence-electron chi connectivity index (χ2n) is 13.8. The van der Waals surface area contributed by atoms with Crippen molar-refractivity contribution >= 4 is 0 Å². The van der Waals surface area contributed by atoms with E-state index in [1.54, 1.807) is 0 Å². The molecule has 1 heterocycles. The second kappa shape index (κ2) is 12.5. The maximum absolute atomic E-state index is 5.11. The highest BCUT2D eigenvalue weighted by Gasteiger charge is 2.37. The van der Waals surface area contributed by atoms with E-state index in [0.29, 0.717) is 5.82 Å². The van der Waals surface area contributed by atoms with Crippen LogP contribution >= 0.6 is 0 Å². The van der Waals surface area contributed by atoms with Gasteiger partial charge in [-0.3, -0.25) is 0 Å². The van der Waals surface area contributed by atoms with Crippen LogP contribution < -0.4 is 0 Å². The molecule has 0 saturated heterocycles. The Kier molecular flexibility index (Phi) is 7.51. The van der Waals surface area contributed by atoms with Gasteiger partial charge in [-0.05, 0) is 67.8 Å². The Morgan fingerprint density at radius 3 is 1.49 bits per heavy atom. The molecule has 51 heavy (non-hydrogen) atoms. The zero-order chi connectivity index (χ0) is 34.4. The molecule has 0 unspecified atom stereocenters. The van der Waals surface area contributed by atoms with Crippen molar-refractivity contribution in [3.8, 4) is 78.4 Å². The van der Waals surface area contributed by atoms with Gasteiger partial charge in [-0.15, -0.1) is 0 Å². The van der Waals surface area contributed by atoms with Crippen molar-refractivity contribution in [3.05, 3.63) is 193 Å². The highest BCUT2D eigenvalue weighted by Crippen LogP contribution is 2.52. The number of benzene rings is 7. The normalized spacial score (nSPS) is 12.7. The molecule has 1 aliphatic carbocycles. The van der Waals surface area contributed by atoms with Crippen LogP contribution in [0.1, 0.15) is 25.0 Å². The standard InChI is InChI=1S/C49H36N2/c1-49(2)44-22-10-9-19-42(44)43-21-12-20-41(47(43)49)40-18-11-17-39(31-40)35-25-29-38(30-26-35)48-50-45(36-15-7-4-8-16-36)32-46(51-48)37-27-23-34(24-28-37)33-13-5-3-6-14-33/h3-32H,1-2H3. The van der Waals surface area contributed by atoms with Crippen molar-refractivity contribution < 1.29 is 0 Å². The first-order valence-corrected chi connectivity index (χ1v) is 17.6. The Labute approximate surface area is 299 Å². The summed E-state index contributed by atoms with van der Waals surface area (Å²) in [6, 6.07) is 64.8. The van der Waals surface area contributed by atoms with E-state index in [1.807, 2.05) is 12.1 Å². The van der Waals surface area contributed by atoms with Gasteiger partial charge in [0.25, 0.3) is 0 Å². The fourth-order valence-electron chi connectivity index (χ4n) is 7.71. The molecule has 0 fully saturated rings. The van der Waals surface area contributed by atoms with Crippen LogP contribution in [0.5, 0.6) is 0 Å². The zero-order valence-electron chi connectivity index (χ0n) is 28.7. The average Bonchev–Trinajstić information content (AvgIpc) is 3.44. The Hall–Kier alpha value is -6.38. The highest BCUT2D eigenvalue weighted by molar-refractivity contribution is 5.89. The molecule has 0 N–H and O–H groups in total. The molecule has 0 amide bonds. The fraction of sp³-hybridized carbons (Fsp3) is 0.0612. The molecule has 0 saturated carbocycles. The molecule has 2 heteroatoms. The summed E-state index contributed by atoms with van der Waals surface area (Å²) < 4.78 is 0. The smallest absolute Gasteiger partial charge is 0.160 e. The van der Waals surface area contributed by atoms with E-state index in [9.17, 15) is 0 Å². The van der Waals surface area contributed by atoms with Crippen molar-refractivity contribution in [2.45, 2.75) is 19.3 Å². The molecular formula is C49H36N2. The first kappa shape index (κ1) is 30.7. The van der Waals surface area contributed by atoms with Gasteiger partial charge >= 0.3 is 0 Å². The Morgan fingerprint density at radius 2 is 0.784 bits per heavy atom. The van der Waals surface area contributed by atoms with E-state index >= 15 is 0 Å². The van der Waals surface area contributed by atoms with E-state index in [2.05, 4.69) is 184 Å². The number of nitrogens with zero attached hydrogens (tertiary/aromatic N) is 2. The fourth-order valence-corrected chi connectivity index (χ4v) is 7.71. The number of fused-ring (bicyclic) bond motifs is 3. The van der Waals surface area contributed by atoms with Crippen LogP contribution in [0, 0.1) is 0 Å². The molecule has 2 nitrogen and oxygen atoms in total. The topological polar surface area (TPSA) is 25.8 Å². The largest absolute Gasteiger partial charge is 0.228 e. The van der Waals surface area contributed by atoms with Crippen LogP contribution in [0.2, 0.25) is 0 Å². The summed E-state index contributed by atoms with van der Waals surface area (Å²) in [6.45, 7) is 4.70. The van der Waals surface area contributed by atoms with E-state index in [-0.39, 0.29) is 5.41 Å². The minimum Gasteiger partial charge on any atom is -0.228 e. The maximum Gasteiger partial charge on any atom is 0.160 e. The van der Waals surface area contributed by atoms with Gasteiger partial charge in [0.05, 0.1) is 11.4 Å². The average molecular weight is 653 g/mol. The lowest BCUT2D eigenvalue weighted by Crippen LogP contribution is -2.16.